The summed E-state index contributed by atoms with van der Waals surface area (Å²) in [5.41, 5.74) is -0.000739. The van der Waals surface area contributed by atoms with Crippen molar-refractivity contribution in [2.45, 2.75) is 19.4 Å². The van der Waals surface area contributed by atoms with E-state index in [2.05, 4.69) is 17.2 Å². The molecule has 2 N–H and O–H groups in total. The third kappa shape index (κ3) is 2.64. The molecule has 1 heterocycles. The molecule has 0 unspecified atom stereocenters. The van der Waals surface area contributed by atoms with Crippen LogP contribution in [-0.4, -0.2) is 25.2 Å². The fourth-order valence-electron chi connectivity index (χ4n) is 2.42. The van der Waals surface area contributed by atoms with Gasteiger partial charge in [0, 0.05) is 13.1 Å². The maximum absolute atomic E-state index is 12.3. The van der Waals surface area contributed by atoms with Gasteiger partial charge in [0.2, 0.25) is 18.6 Å². The Balaban J connectivity index is 1.58. The number of ether oxygens (including phenoxy) is 2. The molecule has 0 spiro atoms. The zero-order chi connectivity index (χ0) is 15.6. The van der Waals surface area contributed by atoms with E-state index in [0.29, 0.717) is 37.4 Å². The second kappa shape index (κ2) is 5.71. The maximum Gasteiger partial charge on any atom is 0.235 e. The SMILES string of the molecule is C=CCNC(=O)C1(C(=O)NCc2ccc3c(c2)OCO3)CC1. The van der Waals surface area contributed by atoms with Gasteiger partial charge in [0.1, 0.15) is 5.41 Å². The van der Waals surface area contributed by atoms with Gasteiger partial charge in [-0.25, -0.2) is 0 Å². The van der Waals surface area contributed by atoms with Crippen LogP contribution in [0.5, 0.6) is 11.5 Å². The number of benzene rings is 1. The van der Waals surface area contributed by atoms with Gasteiger partial charge in [-0.2, -0.15) is 0 Å². The van der Waals surface area contributed by atoms with E-state index in [1.54, 1.807) is 6.08 Å². The zero-order valence-corrected chi connectivity index (χ0v) is 12.2. The molecule has 1 aliphatic carbocycles. The molecule has 6 heteroatoms. The minimum Gasteiger partial charge on any atom is -0.454 e. The predicted molar refractivity (Wildman–Crippen MR) is 79.3 cm³/mol. The van der Waals surface area contributed by atoms with Gasteiger partial charge in [-0.3, -0.25) is 9.59 Å². The van der Waals surface area contributed by atoms with Crippen molar-refractivity contribution in [2.24, 2.45) is 5.41 Å². The van der Waals surface area contributed by atoms with Crippen molar-refractivity contribution in [3.05, 3.63) is 36.4 Å². The highest BCUT2D eigenvalue weighted by molar-refractivity contribution is 6.07. The minimum absolute atomic E-state index is 0.220. The highest BCUT2D eigenvalue weighted by atomic mass is 16.7. The van der Waals surface area contributed by atoms with Crippen molar-refractivity contribution in [3.8, 4) is 11.5 Å². The lowest BCUT2D eigenvalue weighted by atomic mass is 10.0. The van der Waals surface area contributed by atoms with Crippen LogP contribution in [0.3, 0.4) is 0 Å². The molecule has 1 aliphatic heterocycles. The van der Waals surface area contributed by atoms with E-state index < -0.39 is 5.41 Å². The topological polar surface area (TPSA) is 76.7 Å². The molecule has 3 rings (SSSR count). The summed E-state index contributed by atoms with van der Waals surface area (Å²) in [5, 5.41) is 5.52. The molecular formula is C16H18N2O4. The fourth-order valence-corrected chi connectivity index (χ4v) is 2.42. The largest absolute Gasteiger partial charge is 0.454 e. The van der Waals surface area contributed by atoms with Crippen LogP contribution < -0.4 is 20.1 Å². The molecule has 1 saturated carbocycles. The standard InChI is InChI=1S/C16H18N2O4/c1-2-7-17-14(19)16(5-6-16)15(20)18-9-11-3-4-12-13(8-11)22-10-21-12/h2-4,8H,1,5-7,9-10H2,(H,17,19)(H,18,20). The van der Waals surface area contributed by atoms with Crippen LogP contribution in [0.15, 0.2) is 30.9 Å². The van der Waals surface area contributed by atoms with E-state index in [9.17, 15) is 9.59 Å². The first-order valence-corrected chi connectivity index (χ1v) is 7.22. The molecule has 1 fully saturated rings. The van der Waals surface area contributed by atoms with Crippen molar-refractivity contribution in [1.82, 2.24) is 10.6 Å². The molecule has 0 bridgehead atoms. The van der Waals surface area contributed by atoms with Crippen LogP contribution in [0.4, 0.5) is 0 Å². The van der Waals surface area contributed by atoms with E-state index in [4.69, 9.17) is 9.47 Å². The smallest absolute Gasteiger partial charge is 0.235 e. The third-order valence-corrected chi connectivity index (χ3v) is 3.92. The van der Waals surface area contributed by atoms with E-state index >= 15 is 0 Å². The Hall–Kier alpha value is -2.50. The van der Waals surface area contributed by atoms with Crippen molar-refractivity contribution >= 4 is 11.8 Å². The Morgan fingerprint density at radius 3 is 2.64 bits per heavy atom. The second-order valence-corrected chi connectivity index (χ2v) is 5.45. The first-order valence-electron chi connectivity index (χ1n) is 7.22. The Morgan fingerprint density at radius 2 is 1.91 bits per heavy atom. The quantitative estimate of drug-likeness (QED) is 0.610. The van der Waals surface area contributed by atoms with E-state index in [1.165, 1.54) is 0 Å². The van der Waals surface area contributed by atoms with Crippen molar-refractivity contribution in [1.29, 1.82) is 0 Å². The summed E-state index contributed by atoms with van der Waals surface area (Å²) < 4.78 is 10.5. The van der Waals surface area contributed by atoms with Gasteiger partial charge < -0.3 is 20.1 Å². The average molecular weight is 302 g/mol. The maximum atomic E-state index is 12.3. The summed E-state index contributed by atoms with van der Waals surface area (Å²) in [5.74, 6) is 0.927. The Morgan fingerprint density at radius 1 is 1.18 bits per heavy atom. The van der Waals surface area contributed by atoms with Crippen LogP contribution in [0.2, 0.25) is 0 Å². The number of nitrogens with one attached hydrogen (secondary N) is 2. The van der Waals surface area contributed by atoms with Gasteiger partial charge in [0.15, 0.2) is 11.5 Å². The molecule has 2 amide bonds. The van der Waals surface area contributed by atoms with Crippen molar-refractivity contribution < 1.29 is 19.1 Å². The monoisotopic (exact) mass is 302 g/mol. The summed E-state index contributed by atoms with van der Waals surface area (Å²) in [7, 11) is 0. The number of rotatable bonds is 6. The van der Waals surface area contributed by atoms with Gasteiger partial charge in [0.25, 0.3) is 0 Å². The Labute approximate surface area is 128 Å². The summed E-state index contributed by atoms with van der Waals surface area (Å²) in [6.45, 7) is 4.49. The first kappa shape index (κ1) is 14.4. The highest BCUT2D eigenvalue weighted by Gasteiger charge is 2.56. The highest BCUT2D eigenvalue weighted by Crippen LogP contribution is 2.46. The average Bonchev–Trinajstić information content (AvgIpc) is 3.22. The van der Waals surface area contributed by atoms with Gasteiger partial charge in [-0.05, 0) is 30.5 Å². The molecule has 2 aliphatic rings. The number of carbonyl (C=O) groups excluding carboxylic acids is 2. The summed E-state index contributed by atoms with van der Waals surface area (Å²) >= 11 is 0. The molecular weight excluding hydrogens is 284 g/mol. The van der Waals surface area contributed by atoms with Gasteiger partial charge in [0.05, 0.1) is 0 Å². The van der Waals surface area contributed by atoms with Crippen molar-refractivity contribution in [2.75, 3.05) is 13.3 Å². The minimum atomic E-state index is -0.903. The van der Waals surface area contributed by atoms with Crippen LogP contribution >= 0.6 is 0 Å². The molecule has 0 radical (unpaired) electrons. The van der Waals surface area contributed by atoms with E-state index in [0.717, 1.165) is 5.56 Å². The van der Waals surface area contributed by atoms with Crippen LogP contribution in [0.1, 0.15) is 18.4 Å². The number of carbonyl (C=O) groups is 2. The number of amides is 2. The van der Waals surface area contributed by atoms with Crippen LogP contribution in [0.25, 0.3) is 0 Å². The molecule has 1 aromatic carbocycles. The summed E-state index contributed by atoms with van der Waals surface area (Å²) in [4.78, 5) is 24.3. The Kier molecular flexibility index (Phi) is 3.75. The molecule has 1 aromatic rings. The predicted octanol–water partition coefficient (Wildman–Crippen LogP) is 1.11. The second-order valence-electron chi connectivity index (χ2n) is 5.45. The normalized spacial score (nSPS) is 16.7. The van der Waals surface area contributed by atoms with Crippen molar-refractivity contribution in [3.63, 3.8) is 0 Å². The lowest BCUT2D eigenvalue weighted by molar-refractivity contribution is -0.137. The number of fused-ring (bicyclic) bond motifs is 1. The summed E-state index contributed by atoms with van der Waals surface area (Å²) in [6, 6.07) is 5.51. The molecule has 116 valence electrons. The number of hydrogen-bond acceptors (Lipinski definition) is 4. The van der Waals surface area contributed by atoms with Gasteiger partial charge in [-0.1, -0.05) is 12.1 Å². The molecule has 6 nitrogen and oxygen atoms in total. The molecule has 0 saturated heterocycles. The first-order chi connectivity index (χ1) is 10.7. The number of hydrogen-bond donors (Lipinski definition) is 2. The molecule has 0 atom stereocenters. The van der Waals surface area contributed by atoms with Crippen LogP contribution in [-0.2, 0) is 16.1 Å². The van der Waals surface area contributed by atoms with Crippen LogP contribution in [0, 0.1) is 5.41 Å². The summed E-state index contributed by atoms with van der Waals surface area (Å²) in [6.07, 6.45) is 2.77. The molecule has 0 aromatic heterocycles. The lowest BCUT2D eigenvalue weighted by Gasteiger charge is -2.15. The van der Waals surface area contributed by atoms with E-state index in [-0.39, 0.29) is 18.6 Å². The van der Waals surface area contributed by atoms with Gasteiger partial charge >= 0.3 is 0 Å². The lowest BCUT2D eigenvalue weighted by Crippen LogP contribution is -2.42. The fraction of sp³-hybridized carbons (Fsp3) is 0.375. The molecule has 22 heavy (non-hydrogen) atoms. The zero-order valence-electron chi connectivity index (χ0n) is 12.2. The third-order valence-electron chi connectivity index (χ3n) is 3.92. The van der Waals surface area contributed by atoms with Gasteiger partial charge in [-0.15, -0.1) is 6.58 Å². The Bertz CT molecular complexity index is 623. The van der Waals surface area contributed by atoms with E-state index in [1.807, 2.05) is 18.2 Å².